The summed E-state index contributed by atoms with van der Waals surface area (Å²) in [5, 5.41) is 20.1. The van der Waals surface area contributed by atoms with Crippen molar-refractivity contribution < 1.29 is 19.4 Å². The molecule has 1 atom stereocenters. The van der Waals surface area contributed by atoms with Crippen molar-refractivity contribution in [2.24, 2.45) is 5.73 Å². The molecule has 0 saturated carbocycles. The van der Waals surface area contributed by atoms with E-state index in [1.807, 2.05) is 32.9 Å². The summed E-state index contributed by atoms with van der Waals surface area (Å²) in [7, 11) is 1.56. The molecule has 3 aliphatic heterocycles. The highest BCUT2D eigenvalue weighted by Crippen LogP contribution is 2.60. The van der Waals surface area contributed by atoms with Crippen LogP contribution in [0.3, 0.4) is 0 Å². The fraction of sp³-hybridized carbons (Fsp3) is 0.250. The Morgan fingerprint density at radius 2 is 1.97 bits per heavy atom. The van der Waals surface area contributed by atoms with Gasteiger partial charge in [-0.2, -0.15) is 5.26 Å². The van der Waals surface area contributed by atoms with Gasteiger partial charge in [0.25, 0.3) is 0 Å². The van der Waals surface area contributed by atoms with Crippen molar-refractivity contribution in [3.63, 3.8) is 0 Å². The molecule has 3 heterocycles. The third-order valence-corrected chi connectivity index (χ3v) is 6.36. The Morgan fingerprint density at radius 1 is 1.23 bits per heavy atom. The molecular formula is C24H21N3O4. The van der Waals surface area contributed by atoms with E-state index in [9.17, 15) is 15.2 Å². The summed E-state index contributed by atoms with van der Waals surface area (Å²) in [6.45, 7) is 5.91. The van der Waals surface area contributed by atoms with E-state index >= 15 is 0 Å². The highest BCUT2D eigenvalue weighted by Gasteiger charge is 2.62. The molecule has 5 rings (SSSR count). The van der Waals surface area contributed by atoms with Crippen LogP contribution in [0.2, 0.25) is 0 Å². The van der Waals surface area contributed by atoms with E-state index in [2.05, 4.69) is 6.07 Å². The van der Waals surface area contributed by atoms with Crippen molar-refractivity contribution in [3.8, 4) is 23.3 Å². The van der Waals surface area contributed by atoms with Crippen LogP contribution in [0.4, 0.5) is 5.69 Å². The van der Waals surface area contributed by atoms with E-state index in [-0.39, 0.29) is 28.9 Å². The number of carbonyl (C=O) groups excluding carboxylic acids is 1. The summed E-state index contributed by atoms with van der Waals surface area (Å²) in [6, 6.07) is 10.3. The third kappa shape index (κ3) is 2.14. The lowest BCUT2D eigenvalue weighted by atomic mass is 9.68. The Bertz CT molecular complexity index is 1300. The van der Waals surface area contributed by atoms with Crippen LogP contribution in [0, 0.1) is 11.3 Å². The molecule has 3 N–H and O–H groups in total. The van der Waals surface area contributed by atoms with Gasteiger partial charge in [0.1, 0.15) is 34.3 Å². The lowest BCUT2D eigenvalue weighted by molar-refractivity contribution is -0.121. The molecule has 1 unspecified atom stereocenters. The molecule has 7 nitrogen and oxygen atoms in total. The zero-order valence-electron chi connectivity index (χ0n) is 17.6. The van der Waals surface area contributed by atoms with Crippen molar-refractivity contribution in [2.45, 2.75) is 31.7 Å². The van der Waals surface area contributed by atoms with Gasteiger partial charge in [-0.25, -0.2) is 0 Å². The molecule has 156 valence electrons. The number of benzene rings is 2. The number of phenolic OH excluding ortho intramolecular Hbond substituents is 1. The fourth-order valence-electron chi connectivity index (χ4n) is 5.19. The maximum absolute atomic E-state index is 14.3. The van der Waals surface area contributed by atoms with E-state index in [0.29, 0.717) is 16.9 Å². The van der Waals surface area contributed by atoms with Gasteiger partial charge < -0.3 is 25.2 Å². The Morgan fingerprint density at radius 3 is 2.65 bits per heavy atom. The number of hydrogen-bond donors (Lipinski definition) is 2. The standard InChI is InChI=1S/C24H21N3O4/c1-12-10-23(2,3)27-20-15(12)8-14(30-4)9-17(20)24(22(27)29)16-6-5-13(28)7-19(16)31-21(26)18(24)11-25/h5-10,28H,26H2,1-4H3. The smallest absolute Gasteiger partial charge is 0.248 e. The topological polar surface area (TPSA) is 109 Å². The Labute approximate surface area is 179 Å². The SMILES string of the molecule is COc1cc2c3c(c1)C1(C(=O)N3C(C)(C)C=C2C)C(C#N)=C(N)Oc2cc(O)ccc21. The lowest BCUT2D eigenvalue weighted by Gasteiger charge is -2.40. The van der Waals surface area contributed by atoms with Crippen LogP contribution in [0.15, 0.2) is 47.9 Å². The molecule has 0 bridgehead atoms. The first-order chi connectivity index (χ1) is 14.7. The number of nitrogens with zero attached hydrogens (tertiary/aromatic N) is 2. The monoisotopic (exact) mass is 415 g/mol. The predicted octanol–water partition coefficient (Wildman–Crippen LogP) is 3.32. The van der Waals surface area contributed by atoms with Crippen LogP contribution in [0.25, 0.3) is 5.57 Å². The van der Waals surface area contributed by atoms with Gasteiger partial charge in [0, 0.05) is 22.8 Å². The van der Waals surface area contributed by atoms with E-state index in [1.54, 1.807) is 24.1 Å². The fourth-order valence-corrected chi connectivity index (χ4v) is 5.19. The Hall–Kier alpha value is -3.92. The normalized spacial score (nSPS) is 22.5. The zero-order valence-corrected chi connectivity index (χ0v) is 17.6. The second-order valence-corrected chi connectivity index (χ2v) is 8.58. The highest BCUT2D eigenvalue weighted by atomic mass is 16.5. The van der Waals surface area contributed by atoms with Crippen molar-refractivity contribution in [1.82, 2.24) is 0 Å². The van der Waals surface area contributed by atoms with Gasteiger partial charge in [-0.15, -0.1) is 0 Å². The molecule has 3 aliphatic rings. The molecule has 0 aromatic heterocycles. The number of carbonyl (C=O) groups is 1. The maximum atomic E-state index is 14.3. The molecular weight excluding hydrogens is 394 g/mol. The first-order valence-electron chi connectivity index (χ1n) is 9.85. The number of hydrogen-bond acceptors (Lipinski definition) is 6. The average molecular weight is 415 g/mol. The number of fused-ring (bicyclic) bond motifs is 3. The lowest BCUT2D eigenvalue weighted by Crippen LogP contribution is -2.53. The van der Waals surface area contributed by atoms with Crippen molar-refractivity contribution in [2.75, 3.05) is 12.0 Å². The summed E-state index contributed by atoms with van der Waals surface area (Å²) in [5.74, 6) is 0.327. The number of methoxy groups -OCH3 is 1. The van der Waals surface area contributed by atoms with Crippen molar-refractivity contribution in [3.05, 3.63) is 64.6 Å². The molecule has 2 aromatic carbocycles. The summed E-state index contributed by atoms with van der Waals surface area (Å²) >= 11 is 0. The maximum Gasteiger partial charge on any atom is 0.248 e. The summed E-state index contributed by atoms with van der Waals surface area (Å²) in [6.07, 6.45) is 2.03. The molecule has 0 radical (unpaired) electrons. The van der Waals surface area contributed by atoms with Gasteiger partial charge in [0.2, 0.25) is 11.8 Å². The molecule has 7 heteroatoms. The second kappa shape index (κ2) is 5.82. The van der Waals surface area contributed by atoms with Crippen LogP contribution in [-0.4, -0.2) is 23.7 Å². The third-order valence-electron chi connectivity index (χ3n) is 6.36. The van der Waals surface area contributed by atoms with E-state index in [0.717, 1.165) is 16.8 Å². The minimum atomic E-state index is -1.51. The highest BCUT2D eigenvalue weighted by molar-refractivity contribution is 6.18. The first kappa shape index (κ1) is 19.1. The quantitative estimate of drug-likeness (QED) is 0.740. The number of nitriles is 1. The van der Waals surface area contributed by atoms with Crippen molar-refractivity contribution >= 4 is 17.2 Å². The Kier molecular flexibility index (Phi) is 3.58. The number of rotatable bonds is 1. The Balaban J connectivity index is 1.99. The molecule has 1 spiro atoms. The van der Waals surface area contributed by atoms with E-state index < -0.39 is 11.0 Å². The van der Waals surface area contributed by atoms with Gasteiger partial charge in [-0.1, -0.05) is 6.08 Å². The number of aromatic hydroxyl groups is 1. The minimum absolute atomic E-state index is 0.0222. The number of amides is 1. The van der Waals surface area contributed by atoms with Gasteiger partial charge in [-0.05, 0) is 50.6 Å². The van der Waals surface area contributed by atoms with Crippen molar-refractivity contribution in [1.29, 1.82) is 5.26 Å². The van der Waals surface area contributed by atoms with Crippen LogP contribution >= 0.6 is 0 Å². The summed E-state index contributed by atoms with van der Waals surface area (Å²) in [4.78, 5) is 16.1. The second-order valence-electron chi connectivity index (χ2n) is 8.58. The molecule has 31 heavy (non-hydrogen) atoms. The molecule has 0 aliphatic carbocycles. The van der Waals surface area contributed by atoms with E-state index in [4.69, 9.17) is 15.2 Å². The number of ether oxygens (including phenoxy) is 2. The minimum Gasteiger partial charge on any atom is -0.508 e. The summed E-state index contributed by atoms with van der Waals surface area (Å²) in [5.41, 5.74) is 7.73. The molecule has 0 saturated heterocycles. The van der Waals surface area contributed by atoms with Gasteiger partial charge in [0.15, 0.2) is 0 Å². The summed E-state index contributed by atoms with van der Waals surface area (Å²) < 4.78 is 11.2. The van der Waals surface area contributed by atoms with Crippen LogP contribution in [0.1, 0.15) is 37.5 Å². The number of nitrogens with two attached hydrogens (primary N) is 1. The predicted molar refractivity (Wildman–Crippen MR) is 115 cm³/mol. The molecule has 2 aromatic rings. The van der Waals surface area contributed by atoms with Gasteiger partial charge in [-0.3, -0.25) is 4.79 Å². The number of anilines is 1. The zero-order chi connectivity index (χ0) is 22.3. The average Bonchev–Trinajstić information content (AvgIpc) is 2.96. The largest absolute Gasteiger partial charge is 0.508 e. The van der Waals surface area contributed by atoms with Crippen LogP contribution < -0.4 is 20.1 Å². The number of allylic oxidation sites excluding steroid dienone is 1. The number of phenols is 1. The first-order valence-corrected chi connectivity index (χ1v) is 9.85. The molecule has 0 fully saturated rings. The van der Waals surface area contributed by atoms with Crippen LogP contribution in [0.5, 0.6) is 17.2 Å². The van der Waals surface area contributed by atoms with E-state index in [1.165, 1.54) is 12.1 Å². The molecule has 1 amide bonds. The van der Waals surface area contributed by atoms with Crippen LogP contribution in [-0.2, 0) is 10.2 Å². The van der Waals surface area contributed by atoms with Gasteiger partial charge >= 0.3 is 0 Å². The van der Waals surface area contributed by atoms with Gasteiger partial charge in [0.05, 0.1) is 18.3 Å².